The van der Waals surface area contributed by atoms with Crippen LogP contribution in [0.2, 0.25) is 0 Å². The molecule has 2 aromatic carbocycles. The smallest absolute Gasteiger partial charge is 0.872 e. The van der Waals surface area contributed by atoms with Gasteiger partial charge in [0, 0.05) is 44.3 Å². The van der Waals surface area contributed by atoms with Gasteiger partial charge in [0.25, 0.3) is 0 Å². The minimum absolute atomic E-state index is 0. The largest absolute Gasteiger partial charge is 4.00 e. The molecule has 0 spiro atoms. The van der Waals surface area contributed by atoms with E-state index in [4.69, 9.17) is 9.90 Å². The predicted octanol–water partition coefficient (Wildman–Crippen LogP) is -4.38. The minimum atomic E-state index is -1.22. The number of aromatic amines is 2. The number of carbonyl (C=O) groups excluding carboxylic acids is 3. The number of hydrogen-bond donors (Lipinski definition) is 4. The summed E-state index contributed by atoms with van der Waals surface area (Å²) in [5.41, 5.74) is 2.29. The van der Waals surface area contributed by atoms with Gasteiger partial charge in [0.05, 0.1) is 48.1 Å². The Labute approximate surface area is 285 Å². The van der Waals surface area contributed by atoms with Crippen molar-refractivity contribution >= 4 is 17.9 Å². The van der Waals surface area contributed by atoms with Gasteiger partial charge in [-0.05, 0) is 18.1 Å². The number of aliphatic carboxylic acids is 3. The maximum Gasteiger partial charge on any atom is 4.00 e. The molecule has 0 aliphatic rings. The second kappa shape index (κ2) is 25.0. The molecule has 248 valence electrons. The predicted molar refractivity (Wildman–Crippen MR) is 144 cm³/mol. The number of hydrogen-bond acceptors (Lipinski definition) is 13. The molecule has 0 aliphatic carbocycles. The molecule has 0 bridgehead atoms. The van der Waals surface area contributed by atoms with Crippen LogP contribution in [0.25, 0.3) is 0 Å². The Morgan fingerprint density at radius 1 is 0.717 bits per heavy atom. The van der Waals surface area contributed by atoms with Crippen LogP contribution in [0.4, 0.5) is 0 Å². The molecular weight excluding hydrogens is 692 g/mol. The van der Waals surface area contributed by atoms with Crippen molar-refractivity contribution in [3.63, 3.8) is 0 Å². The monoisotopic (exact) mass is 724 g/mol. The van der Waals surface area contributed by atoms with Crippen LogP contribution in [0.5, 0.6) is 11.5 Å². The van der Waals surface area contributed by atoms with Crippen LogP contribution in [0, 0.1) is 0 Å². The Bertz CT molecular complexity index is 1290. The number of benzene rings is 2. The van der Waals surface area contributed by atoms with E-state index in [9.17, 15) is 30.0 Å². The molecule has 2 heterocycles. The van der Waals surface area contributed by atoms with Gasteiger partial charge in [0.1, 0.15) is 0 Å². The third-order valence-electron chi connectivity index (χ3n) is 5.53. The zero-order valence-electron chi connectivity index (χ0n) is 24.2. The number of nitrogens with zero attached hydrogens (tertiary/aromatic N) is 2. The van der Waals surface area contributed by atoms with Crippen molar-refractivity contribution < 1.29 is 85.0 Å². The van der Waals surface area contributed by atoms with E-state index in [1.165, 1.54) is 24.8 Å². The van der Waals surface area contributed by atoms with Crippen LogP contribution in [-0.4, -0.2) is 60.9 Å². The van der Waals surface area contributed by atoms with Crippen molar-refractivity contribution in [2.45, 2.75) is 44.9 Å². The number of aromatic nitrogens is 4. The summed E-state index contributed by atoms with van der Waals surface area (Å²) in [4.78, 5) is 44.4. The summed E-state index contributed by atoms with van der Waals surface area (Å²) in [6.07, 6.45) is 6.61. The first kappa shape index (κ1) is 46.2. The van der Waals surface area contributed by atoms with Crippen LogP contribution >= 0.6 is 0 Å². The molecular formula is C28H32Fe2N6O10+2. The second-order valence-electron chi connectivity index (χ2n) is 8.74. The third kappa shape index (κ3) is 17.9. The molecule has 16 nitrogen and oxygen atoms in total. The van der Waals surface area contributed by atoms with Gasteiger partial charge in [-0.15, -0.1) is 11.5 Å². The average molecular weight is 724 g/mol. The topological polar surface area (TPSA) is 309 Å². The molecule has 46 heavy (non-hydrogen) atoms. The van der Waals surface area contributed by atoms with Gasteiger partial charge in [-0.2, -0.15) is 0 Å². The number of carbonyl (C=O) groups is 3. The minimum Gasteiger partial charge on any atom is -0.872 e. The van der Waals surface area contributed by atoms with Crippen molar-refractivity contribution in [2.75, 3.05) is 0 Å². The summed E-state index contributed by atoms with van der Waals surface area (Å²) >= 11 is 0. The number of rotatable bonds is 12. The molecule has 18 heteroatoms. The van der Waals surface area contributed by atoms with Gasteiger partial charge in [0.15, 0.2) is 0 Å². The van der Waals surface area contributed by atoms with Crippen molar-refractivity contribution in [1.82, 2.24) is 30.6 Å². The second-order valence-corrected chi connectivity index (χ2v) is 8.74. The van der Waals surface area contributed by atoms with E-state index in [1.807, 2.05) is 0 Å². The Morgan fingerprint density at radius 3 is 1.30 bits per heavy atom. The van der Waals surface area contributed by atoms with E-state index in [2.05, 4.69) is 30.6 Å². The molecule has 4 aromatic rings. The van der Waals surface area contributed by atoms with Crippen LogP contribution in [0.3, 0.4) is 0 Å². The summed E-state index contributed by atoms with van der Waals surface area (Å²) in [5.74, 6) is -3.75. The average Bonchev–Trinajstić information content (AvgIpc) is 3.65. The summed E-state index contributed by atoms with van der Waals surface area (Å²) in [6.45, 7) is 1.34. The Kier molecular flexibility index (Phi) is 25.1. The normalized spacial score (nSPS) is 10.6. The Hall–Kier alpha value is -4.25. The molecule has 0 fully saturated rings. The molecule has 0 amide bonds. The van der Waals surface area contributed by atoms with E-state index in [0.29, 0.717) is 22.5 Å². The number of carboxylic acid groups (broad SMARTS) is 3. The summed E-state index contributed by atoms with van der Waals surface area (Å²) < 4.78 is 0. The third-order valence-corrected chi connectivity index (χ3v) is 5.53. The van der Waals surface area contributed by atoms with Crippen LogP contribution in [-0.2, 0) is 74.5 Å². The van der Waals surface area contributed by atoms with E-state index in [-0.39, 0.29) is 82.5 Å². The fraction of sp³-hybridized carbons (Fsp3) is 0.250. The zero-order valence-corrected chi connectivity index (χ0v) is 26.4. The molecule has 4 rings (SSSR count). The molecule has 0 aliphatic heterocycles. The SMILES string of the molecule is CC(=O)[O-].O.O=C([O-])[C@H](Cc1c[nH]cn1)NCc1ccccc1[O-].O=C([O-])[C@H](Cc1c[nH]cn1)NCc1ccccc1[O-].[Fe+4].[Fe+4].[OH-]. The molecule has 0 saturated carbocycles. The number of para-hydroxylation sites is 2. The molecule has 0 unspecified atom stereocenters. The first-order chi connectivity index (χ1) is 20.1. The number of imidazole rings is 2. The molecule has 2 aromatic heterocycles. The Balaban J connectivity index is -0.000000668. The van der Waals surface area contributed by atoms with Crippen LogP contribution in [0.15, 0.2) is 73.6 Å². The first-order valence-corrected chi connectivity index (χ1v) is 12.6. The molecule has 0 saturated heterocycles. The van der Waals surface area contributed by atoms with E-state index in [0.717, 1.165) is 6.92 Å². The standard InChI is InChI=1S/2C13H15N3O3.C2H4O2.2Fe.2H2O/c2*17-12-4-2-1-3-9(12)6-15-11(13(18)19)5-10-7-14-8-16-10;1-2(3)4;;;;/h2*1-4,7-8,11,15,17H,5-6H2,(H,14,16)(H,18,19);1H3,(H,3,4);;;2*1H2/q;;;2*+4;;/p-6/t2*11-;;;;;/m00...../s1. The number of H-pyrrole nitrogens is 2. The van der Waals surface area contributed by atoms with Crippen LogP contribution in [0.1, 0.15) is 29.4 Å². The van der Waals surface area contributed by atoms with Gasteiger partial charge < -0.3 is 71.5 Å². The molecule has 7 N–H and O–H groups in total. The van der Waals surface area contributed by atoms with Gasteiger partial charge in [-0.3, -0.25) is 0 Å². The maximum atomic E-state index is 11.5. The van der Waals surface area contributed by atoms with Gasteiger partial charge in [0.2, 0.25) is 0 Å². The van der Waals surface area contributed by atoms with Gasteiger partial charge in [-0.1, -0.05) is 48.5 Å². The van der Waals surface area contributed by atoms with E-state index < -0.39 is 30.0 Å². The quantitative estimate of drug-likeness (QED) is 0.101. The maximum absolute atomic E-state index is 11.5. The fourth-order valence-corrected chi connectivity index (χ4v) is 3.47. The zero-order chi connectivity index (χ0) is 30.9. The molecule has 2 atom stereocenters. The molecule has 0 radical (unpaired) electrons. The van der Waals surface area contributed by atoms with Gasteiger partial charge >= 0.3 is 34.1 Å². The van der Waals surface area contributed by atoms with Crippen molar-refractivity contribution in [2.24, 2.45) is 0 Å². The van der Waals surface area contributed by atoms with E-state index in [1.54, 1.807) is 48.8 Å². The van der Waals surface area contributed by atoms with E-state index >= 15 is 0 Å². The van der Waals surface area contributed by atoms with Crippen molar-refractivity contribution in [3.8, 4) is 11.5 Å². The number of carboxylic acids is 3. The number of nitrogens with one attached hydrogen (secondary N) is 4. The van der Waals surface area contributed by atoms with Gasteiger partial charge in [-0.25, -0.2) is 9.97 Å². The summed E-state index contributed by atoms with van der Waals surface area (Å²) in [6, 6.07) is 11.2. The van der Waals surface area contributed by atoms with Crippen LogP contribution < -0.4 is 36.2 Å². The van der Waals surface area contributed by atoms with Crippen molar-refractivity contribution in [3.05, 3.63) is 96.1 Å². The first-order valence-electron chi connectivity index (χ1n) is 12.6. The summed E-state index contributed by atoms with van der Waals surface area (Å²) in [7, 11) is 0. The Morgan fingerprint density at radius 2 is 1.04 bits per heavy atom. The summed E-state index contributed by atoms with van der Waals surface area (Å²) in [5, 5.41) is 59.6. The van der Waals surface area contributed by atoms with Crippen molar-refractivity contribution in [1.29, 1.82) is 0 Å². The fourth-order valence-electron chi connectivity index (χ4n) is 3.47.